The second-order valence-corrected chi connectivity index (χ2v) is 18.5. The third-order valence-electron chi connectivity index (χ3n) is 10.6. The highest BCUT2D eigenvalue weighted by Gasteiger charge is 2.35. The van der Waals surface area contributed by atoms with Gasteiger partial charge in [-0.05, 0) is 97.7 Å². The van der Waals surface area contributed by atoms with Crippen LogP contribution in [0.15, 0.2) is 103 Å². The molecular formula is C49H64N3O9P. The van der Waals surface area contributed by atoms with Crippen molar-refractivity contribution < 1.29 is 42.0 Å². The second-order valence-electron chi connectivity index (χ2n) is 16.9. The molecule has 2 N–H and O–H groups in total. The number of benzene rings is 4. The summed E-state index contributed by atoms with van der Waals surface area (Å²) in [5.41, 5.74) is 5.87. The Bertz CT molecular complexity index is 2000. The van der Waals surface area contributed by atoms with Crippen LogP contribution in [0.3, 0.4) is 0 Å². The van der Waals surface area contributed by atoms with Crippen molar-refractivity contribution in [1.29, 1.82) is 0 Å². The highest BCUT2D eigenvalue weighted by molar-refractivity contribution is 7.48. The van der Waals surface area contributed by atoms with E-state index in [4.69, 9.17) is 23.0 Å². The monoisotopic (exact) mass is 869 g/mol. The molecule has 13 heteroatoms. The van der Waals surface area contributed by atoms with E-state index < -0.39 is 38.6 Å². The van der Waals surface area contributed by atoms with Gasteiger partial charge < -0.3 is 25.0 Å². The Morgan fingerprint density at radius 3 is 1.87 bits per heavy atom. The maximum Gasteiger partial charge on any atom is 0.475 e. The summed E-state index contributed by atoms with van der Waals surface area (Å²) in [5.74, 6) is -0.822. The zero-order valence-electron chi connectivity index (χ0n) is 37.0. The summed E-state index contributed by atoms with van der Waals surface area (Å²) in [5, 5.41) is 6.02. The van der Waals surface area contributed by atoms with Crippen LogP contribution in [0.5, 0.6) is 0 Å². The van der Waals surface area contributed by atoms with Gasteiger partial charge in [0, 0.05) is 18.8 Å². The first-order chi connectivity index (χ1) is 29.8. The molecule has 5 rings (SSSR count). The predicted molar refractivity (Wildman–Crippen MR) is 244 cm³/mol. The summed E-state index contributed by atoms with van der Waals surface area (Å²) in [6.07, 6.45) is 2.02. The van der Waals surface area contributed by atoms with Gasteiger partial charge in [-0.2, -0.15) is 0 Å². The van der Waals surface area contributed by atoms with E-state index in [1.165, 1.54) is 0 Å². The zero-order chi connectivity index (χ0) is 44.5. The topological polar surface area (TPSA) is 142 Å². The normalized spacial score (nSPS) is 15.8. The van der Waals surface area contributed by atoms with Gasteiger partial charge in [-0.1, -0.05) is 119 Å². The van der Waals surface area contributed by atoms with Gasteiger partial charge in [0.2, 0.25) is 6.79 Å². The molecule has 1 atom stereocenters. The lowest BCUT2D eigenvalue weighted by Crippen LogP contribution is -2.32. The van der Waals surface area contributed by atoms with Crippen LogP contribution in [0.4, 0.5) is 21.9 Å². The van der Waals surface area contributed by atoms with E-state index in [1.54, 1.807) is 0 Å². The molecule has 0 heterocycles. The average molecular weight is 870 g/mol. The lowest BCUT2D eigenvalue weighted by molar-refractivity contribution is -0.171. The first-order valence-corrected chi connectivity index (χ1v) is 23.3. The zero-order valence-corrected chi connectivity index (χ0v) is 37.9. The van der Waals surface area contributed by atoms with E-state index in [1.807, 2.05) is 117 Å². The second kappa shape index (κ2) is 24.0. The van der Waals surface area contributed by atoms with Crippen molar-refractivity contribution in [2.75, 3.05) is 35.4 Å². The lowest BCUT2D eigenvalue weighted by atomic mass is 9.88. The number of rotatable bonds is 22. The van der Waals surface area contributed by atoms with Crippen molar-refractivity contribution in [2.24, 2.45) is 17.8 Å². The summed E-state index contributed by atoms with van der Waals surface area (Å²) in [7, 11) is -3.97. The molecule has 0 aromatic heterocycles. The summed E-state index contributed by atoms with van der Waals surface area (Å²) < 4.78 is 42.3. The molecule has 1 aliphatic carbocycles. The minimum Gasteiger partial charge on any atom is -0.428 e. The number of carbonyl (C=O) groups is 3. The maximum atomic E-state index is 13.8. The number of urea groups is 1. The number of amides is 2. The Morgan fingerprint density at radius 2 is 1.32 bits per heavy atom. The van der Waals surface area contributed by atoms with Gasteiger partial charge in [0.25, 0.3) is 0 Å². The molecule has 1 saturated carbocycles. The molecule has 334 valence electrons. The van der Waals surface area contributed by atoms with E-state index in [-0.39, 0.29) is 31.6 Å². The number of phosphoric ester groups is 1. The molecule has 0 unspecified atom stereocenters. The van der Waals surface area contributed by atoms with Crippen molar-refractivity contribution in [1.82, 2.24) is 0 Å². The van der Waals surface area contributed by atoms with Crippen LogP contribution >= 0.6 is 7.82 Å². The number of nitrogens with zero attached hydrogens (tertiary/aromatic N) is 1. The Morgan fingerprint density at radius 1 is 0.742 bits per heavy atom. The molecule has 12 nitrogen and oxygen atoms in total. The van der Waals surface area contributed by atoms with Gasteiger partial charge in [-0.15, -0.1) is 0 Å². The predicted octanol–water partition coefficient (Wildman–Crippen LogP) is 11.8. The third kappa shape index (κ3) is 15.7. The molecule has 2 amide bonds. The average Bonchev–Trinajstić information content (AvgIpc) is 3.25. The number of esters is 2. The van der Waals surface area contributed by atoms with Crippen LogP contribution in [-0.2, 0) is 50.4 Å². The molecule has 4 aromatic rings. The van der Waals surface area contributed by atoms with E-state index >= 15 is 0 Å². The van der Waals surface area contributed by atoms with Crippen molar-refractivity contribution in [3.05, 3.63) is 125 Å². The molecule has 0 bridgehead atoms. The van der Waals surface area contributed by atoms with Gasteiger partial charge in [0.15, 0.2) is 0 Å². The first-order valence-electron chi connectivity index (χ1n) is 21.8. The molecule has 0 aliphatic heterocycles. The van der Waals surface area contributed by atoms with Gasteiger partial charge in [0.1, 0.15) is 0 Å². The van der Waals surface area contributed by atoms with Gasteiger partial charge >= 0.3 is 25.8 Å². The van der Waals surface area contributed by atoms with Crippen molar-refractivity contribution in [2.45, 2.75) is 105 Å². The molecule has 0 spiro atoms. The quantitative estimate of drug-likeness (QED) is 0.0445. The molecule has 0 radical (unpaired) electrons. The van der Waals surface area contributed by atoms with E-state index in [9.17, 15) is 18.9 Å². The molecular weight excluding hydrogens is 806 g/mol. The highest BCUT2D eigenvalue weighted by Crippen LogP contribution is 2.53. The van der Waals surface area contributed by atoms with Crippen molar-refractivity contribution in [3.63, 3.8) is 0 Å². The van der Waals surface area contributed by atoms with Crippen molar-refractivity contribution in [3.8, 4) is 0 Å². The van der Waals surface area contributed by atoms with Gasteiger partial charge in [-0.25, -0.2) is 9.36 Å². The van der Waals surface area contributed by atoms with Crippen LogP contribution in [0, 0.1) is 24.7 Å². The Kier molecular flexibility index (Phi) is 18.6. The first kappa shape index (κ1) is 48.0. The van der Waals surface area contributed by atoms with Crippen LogP contribution in [0.1, 0.15) is 101 Å². The van der Waals surface area contributed by atoms with Crippen LogP contribution < -0.4 is 15.5 Å². The maximum absolute atomic E-state index is 13.8. The SMILES string of the molecule is CC[C@@H](CC(=O)OCOC(=O)[C@H]1CC[C@H](OP(=O)(OCc2ccccc2)OCc2ccccc2)CC1)c1ccc(N(CC(C)C)CC(C)C)c(NC(=O)Nc2ccc(C)cc2)c1. The Labute approximate surface area is 367 Å². The number of ether oxygens (including phenoxy) is 2. The molecule has 0 saturated heterocycles. The number of hydrogen-bond donors (Lipinski definition) is 2. The smallest absolute Gasteiger partial charge is 0.428 e. The Balaban J connectivity index is 1.14. The largest absolute Gasteiger partial charge is 0.475 e. The minimum absolute atomic E-state index is 0.0557. The van der Waals surface area contributed by atoms with Crippen molar-refractivity contribution >= 4 is 42.9 Å². The van der Waals surface area contributed by atoms with Crippen LogP contribution in [0.2, 0.25) is 0 Å². The number of nitrogens with one attached hydrogen (secondary N) is 2. The highest BCUT2D eigenvalue weighted by atomic mass is 31.2. The van der Waals surface area contributed by atoms with Gasteiger partial charge in [0.05, 0.1) is 43.0 Å². The van der Waals surface area contributed by atoms with Crippen LogP contribution in [0.25, 0.3) is 0 Å². The lowest BCUT2D eigenvalue weighted by Gasteiger charge is -2.31. The number of aryl methyl sites for hydroxylation is 1. The Hall–Kier alpha value is -5.00. The fourth-order valence-corrected chi connectivity index (χ4v) is 8.81. The standard InChI is InChI=1S/C49H64N3O9P/c1-7-40(42-22-27-46(52(30-35(2)3)31-36(4)5)45(28-42)51-49(55)50-43-23-18-37(6)19-24-43)29-47(53)57-34-58-48(54)41-20-25-44(26-21-41)61-62(56,59-32-38-14-10-8-11-15-38)60-33-39-16-12-9-13-17-39/h8-19,22-24,27-28,35-36,40-41,44H,7,20-21,25-26,29-34H2,1-6H3,(H2,50,51,55)/t40-,41-,44-/m0/s1. The summed E-state index contributed by atoms with van der Waals surface area (Å²) in [6.45, 7) is 13.9. The van der Waals surface area contributed by atoms with E-state index in [0.717, 1.165) is 41.0 Å². The summed E-state index contributed by atoms with van der Waals surface area (Å²) in [4.78, 5) is 41.8. The molecule has 1 fully saturated rings. The van der Waals surface area contributed by atoms with Gasteiger partial charge in [-0.3, -0.25) is 23.2 Å². The fourth-order valence-electron chi connectivity index (χ4n) is 7.43. The fraction of sp³-hybridized carbons (Fsp3) is 0.449. The summed E-state index contributed by atoms with van der Waals surface area (Å²) in [6, 6.07) is 32.0. The number of anilines is 3. The van der Waals surface area contributed by atoms with E-state index in [0.29, 0.717) is 55.3 Å². The third-order valence-corrected chi connectivity index (χ3v) is 12.1. The van der Waals surface area contributed by atoms with Crippen LogP contribution in [-0.4, -0.2) is 44.0 Å². The molecule has 62 heavy (non-hydrogen) atoms. The molecule has 1 aliphatic rings. The molecule has 4 aromatic carbocycles. The minimum atomic E-state index is -3.97. The summed E-state index contributed by atoms with van der Waals surface area (Å²) >= 11 is 0. The van der Waals surface area contributed by atoms with E-state index in [2.05, 4.69) is 43.2 Å². The number of carbonyl (C=O) groups excluding carboxylic acids is 3. The number of hydrogen-bond acceptors (Lipinski definition) is 10. The number of phosphoric acid groups is 1.